The normalized spacial score (nSPS) is 12.8. The van der Waals surface area contributed by atoms with Gasteiger partial charge in [0.1, 0.15) is 11.9 Å². The first-order valence-electron chi connectivity index (χ1n) is 4.49. The van der Waals surface area contributed by atoms with Crippen LogP contribution in [0.4, 0.5) is 5.82 Å². The van der Waals surface area contributed by atoms with Crippen LogP contribution in [0, 0.1) is 0 Å². The molecular weight excluding hydrogens is 246 g/mol. The van der Waals surface area contributed by atoms with Crippen LogP contribution in [0.15, 0.2) is 10.7 Å². The summed E-state index contributed by atoms with van der Waals surface area (Å²) < 4.78 is 5.99. The third kappa shape index (κ3) is 2.65. The zero-order valence-electron chi connectivity index (χ0n) is 8.33. The largest absolute Gasteiger partial charge is 0.383 e. The fourth-order valence-electron chi connectivity index (χ4n) is 1.16. The highest BCUT2D eigenvalue weighted by atomic mass is 79.9. The van der Waals surface area contributed by atoms with Crippen molar-refractivity contribution in [2.24, 2.45) is 0 Å². The highest BCUT2D eigenvalue weighted by Gasteiger charge is 2.13. The summed E-state index contributed by atoms with van der Waals surface area (Å²) in [6.45, 7) is 2.09. The lowest BCUT2D eigenvalue weighted by Gasteiger charge is -2.12. The number of nitrogen functional groups attached to an aromatic ring is 1. The molecule has 14 heavy (non-hydrogen) atoms. The van der Waals surface area contributed by atoms with Gasteiger partial charge in [0.15, 0.2) is 5.82 Å². The Bertz CT molecular complexity index is 306. The molecule has 0 spiro atoms. The van der Waals surface area contributed by atoms with E-state index in [-0.39, 0.29) is 6.10 Å². The summed E-state index contributed by atoms with van der Waals surface area (Å²) in [7, 11) is 1.65. The monoisotopic (exact) mass is 259 g/mol. The Morgan fingerprint density at radius 3 is 2.86 bits per heavy atom. The highest BCUT2D eigenvalue weighted by Crippen LogP contribution is 2.22. The minimum Gasteiger partial charge on any atom is -0.383 e. The lowest BCUT2D eigenvalue weighted by Crippen LogP contribution is -2.08. The van der Waals surface area contributed by atoms with Gasteiger partial charge in [-0.15, -0.1) is 0 Å². The first kappa shape index (κ1) is 11.4. The van der Waals surface area contributed by atoms with Crippen LogP contribution >= 0.6 is 15.9 Å². The van der Waals surface area contributed by atoms with Gasteiger partial charge in [0.25, 0.3) is 0 Å². The van der Waals surface area contributed by atoms with Gasteiger partial charge < -0.3 is 10.5 Å². The first-order valence-corrected chi connectivity index (χ1v) is 5.29. The summed E-state index contributed by atoms with van der Waals surface area (Å²) in [6.07, 6.45) is 3.52. The van der Waals surface area contributed by atoms with E-state index in [2.05, 4.69) is 32.8 Å². The molecule has 0 saturated carbocycles. The summed E-state index contributed by atoms with van der Waals surface area (Å²) in [4.78, 5) is 8.32. The zero-order chi connectivity index (χ0) is 10.6. The molecule has 5 heteroatoms. The van der Waals surface area contributed by atoms with E-state index in [1.165, 1.54) is 0 Å². The maximum atomic E-state index is 5.66. The van der Waals surface area contributed by atoms with Gasteiger partial charge in [-0.05, 0) is 22.4 Å². The molecule has 0 aliphatic rings. The highest BCUT2D eigenvalue weighted by molar-refractivity contribution is 9.10. The lowest BCUT2D eigenvalue weighted by molar-refractivity contribution is 0.0877. The van der Waals surface area contributed by atoms with Crippen molar-refractivity contribution in [2.75, 3.05) is 12.8 Å². The van der Waals surface area contributed by atoms with Gasteiger partial charge in [0, 0.05) is 13.3 Å². The molecular formula is C9H14BrN3O. The second-order valence-corrected chi connectivity index (χ2v) is 3.83. The molecule has 1 rings (SSSR count). The molecule has 2 N–H and O–H groups in total. The molecule has 4 nitrogen and oxygen atoms in total. The fraction of sp³-hybridized carbons (Fsp3) is 0.556. The van der Waals surface area contributed by atoms with Crippen LogP contribution in [0.3, 0.4) is 0 Å². The number of nitrogens with two attached hydrogens (primary N) is 1. The summed E-state index contributed by atoms with van der Waals surface area (Å²) in [5.74, 6) is 1.10. The van der Waals surface area contributed by atoms with Crippen LogP contribution in [-0.2, 0) is 4.74 Å². The van der Waals surface area contributed by atoms with Crippen molar-refractivity contribution in [3.05, 3.63) is 16.5 Å². The summed E-state index contributed by atoms with van der Waals surface area (Å²) in [5, 5.41) is 0. The van der Waals surface area contributed by atoms with Crippen LogP contribution in [0.1, 0.15) is 31.7 Å². The molecule has 0 radical (unpaired) electrons. The SMILES string of the molecule is CCCC(OC)c1ncc(Br)c(N)n1. The standard InChI is InChI=1S/C9H14BrN3O/c1-3-4-7(14-2)9-12-5-6(10)8(11)13-9/h5,7H,3-4H2,1-2H3,(H2,11,12,13). The molecule has 0 aliphatic heterocycles. The molecule has 78 valence electrons. The minimum atomic E-state index is -0.0598. The van der Waals surface area contributed by atoms with Crippen molar-refractivity contribution in [3.8, 4) is 0 Å². The fourth-order valence-corrected chi connectivity index (χ4v) is 1.36. The van der Waals surface area contributed by atoms with Crippen molar-refractivity contribution in [1.29, 1.82) is 0 Å². The maximum absolute atomic E-state index is 5.66. The van der Waals surface area contributed by atoms with E-state index in [1.807, 2.05) is 0 Å². The van der Waals surface area contributed by atoms with Gasteiger partial charge in [-0.25, -0.2) is 9.97 Å². The average Bonchev–Trinajstić information content (AvgIpc) is 2.19. The number of methoxy groups -OCH3 is 1. The molecule has 1 aromatic rings. The number of anilines is 1. The van der Waals surface area contributed by atoms with Crippen LogP contribution in [-0.4, -0.2) is 17.1 Å². The summed E-state index contributed by atoms with van der Waals surface area (Å²) in [5.41, 5.74) is 5.66. The molecule has 0 amide bonds. The molecule has 1 atom stereocenters. The van der Waals surface area contributed by atoms with Crippen molar-refractivity contribution < 1.29 is 4.74 Å². The molecule has 0 aromatic carbocycles. The molecule has 0 fully saturated rings. The Hall–Kier alpha value is -0.680. The first-order chi connectivity index (χ1) is 6.69. The van der Waals surface area contributed by atoms with Gasteiger partial charge in [-0.2, -0.15) is 0 Å². The Labute approximate surface area is 92.0 Å². The minimum absolute atomic E-state index is 0.0598. The number of halogens is 1. The smallest absolute Gasteiger partial charge is 0.159 e. The Morgan fingerprint density at radius 1 is 1.64 bits per heavy atom. The number of nitrogens with zero attached hydrogens (tertiary/aromatic N) is 2. The topological polar surface area (TPSA) is 61.0 Å². The van der Waals surface area contributed by atoms with Crippen LogP contribution in [0.25, 0.3) is 0 Å². The van der Waals surface area contributed by atoms with Crippen molar-refractivity contribution >= 4 is 21.7 Å². The molecule has 1 unspecified atom stereocenters. The summed E-state index contributed by atoms with van der Waals surface area (Å²) in [6, 6.07) is 0. The Morgan fingerprint density at radius 2 is 2.36 bits per heavy atom. The number of rotatable bonds is 4. The molecule has 1 aromatic heterocycles. The molecule has 0 aliphatic carbocycles. The number of ether oxygens (including phenoxy) is 1. The predicted molar refractivity (Wildman–Crippen MR) is 58.8 cm³/mol. The van der Waals surface area contributed by atoms with E-state index in [9.17, 15) is 0 Å². The van der Waals surface area contributed by atoms with E-state index in [0.29, 0.717) is 16.1 Å². The van der Waals surface area contributed by atoms with E-state index < -0.39 is 0 Å². The second-order valence-electron chi connectivity index (χ2n) is 2.97. The number of aromatic nitrogens is 2. The van der Waals surface area contributed by atoms with Crippen molar-refractivity contribution in [2.45, 2.75) is 25.9 Å². The maximum Gasteiger partial charge on any atom is 0.159 e. The Kier molecular flexibility index (Phi) is 4.28. The Balaban J connectivity index is 2.88. The third-order valence-electron chi connectivity index (χ3n) is 1.91. The third-order valence-corrected chi connectivity index (χ3v) is 2.52. The lowest BCUT2D eigenvalue weighted by atomic mass is 10.2. The molecule has 0 saturated heterocycles. The van der Waals surface area contributed by atoms with Crippen LogP contribution < -0.4 is 5.73 Å². The van der Waals surface area contributed by atoms with Crippen LogP contribution in [0.5, 0.6) is 0 Å². The van der Waals surface area contributed by atoms with E-state index in [1.54, 1.807) is 13.3 Å². The second kappa shape index (κ2) is 5.26. The van der Waals surface area contributed by atoms with Gasteiger partial charge in [-0.3, -0.25) is 0 Å². The summed E-state index contributed by atoms with van der Waals surface area (Å²) >= 11 is 3.25. The van der Waals surface area contributed by atoms with Gasteiger partial charge in [-0.1, -0.05) is 13.3 Å². The molecule has 1 heterocycles. The van der Waals surface area contributed by atoms with Crippen molar-refractivity contribution in [3.63, 3.8) is 0 Å². The quantitative estimate of drug-likeness (QED) is 0.902. The number of hydrogen-bond donors (Lipinski definition) is 1. The van der Waals surface area contributed by atoms with Gasteiger partial charge in [0.05, 0.1) is 4.47 Å². The van der Waals surface area contributed by atoms with E-state index in [4.69, 9.17) is 10.5 Å². The zero-order valence-corrected chi connectivity index (χ0v) is 9.91. The van der Waals surface area contributed by atoms with Crippen LogP contribution in [0.2, 0.25) is 0 Å². The van der Waals surface area contributed by atoms with Gasteiger partial charge >= 0.3 is 0 Å². The predicted octanol–water partition coefficient (Wildman–Crippen LogP) is 2.31. The van der Waals surface area contributed by atoms with E-state index >= 15 is 0 Å². The van der Waals surface area contributed by atoms with Crippen molar-refractivity contribution in [1.82, 2.24) is 9.97 Å². The van der Waals surface area contributed by atoms with Gasteiger partial charge in [0.2, 0.25) is 0 Å². The average molecular weight is 260 g/mol. The molecule has 0 bridgehead atoms. The number of hydrogen-bond acceptors (Lipinski definition) is 4. The van der Waals surface area contributed by atoms with E-state index in [0.717, 1.165) is 12.8 Å².